The molecule has 0 saturated heterocycles. The fourth-order valence-corrected chi connectivity index (χ4v) is 2.46. The van der Waals surface area contributed by atoms with Crippen LogP contribution in [0.1, 0.15) is 32.0 Å². The third kappa shape index (κ3) is 6.00. The van der Waals surface area contributed by atoms with Gasteiger partial charge in [-0.3, -0.25) is 10.2 Å². The number of carbonyl (C=O) groups excluding carboxylic acids is 1. The molecule has 0 radical (unpaired) electrons. The van der Waals surface area contributed by atoms with Gasteiger partial charge in [0.15, 0.2) is 0 Å². The fourth-order valence-electron chi connectivity index (χ4n) is 1.80. The van der Waals surface area contributed by atoms with Gasteiger partial charge >= 0.3 is 5.97 Å². The molecule has 2 rings (SSSR count). The molecule has 0 bridgehead atoms. The molecule has 0 aliphatic rings. The zero-order valence-electron chi connectivity index (χ0n) is 14.2. The Morgan fingerprint density at radius 2 is 2.04 bits per heavy atom. The number of ether oxygens (including phenoxy) is 2. The van der Waals surface area contributed by atoms with Gasteiger partial charge in [0, 0.05) is 5.38 Å². The van der Waals surface area contributed by atoms with Gasteiger partial charge in [0.1, 0.15) is 11.4 Å². The van der Waals surface area contributed by atoms with E-state index < -0.39 is 0 Å². The molecule has 0 fully saturated rings. The zero-order chi connectivity index (χ0) is 17.6. The summed E-state index contributed by atoms with van der Waals surface area (Å²) in [5.74, 6) is 0.507. The summed E-state index contributed by atoms with van der Waals surface area (Å²) in [6, 6.07) is 7.67. The van der Waals surface area contributed by atoms with Gasteiger partial charge in [0.25, 0.3) is 0 Å². The summed E-state index contributed by atoms with van der Waals surface area (Å²) >= 11 is 1.38. The third-order valence-electron chi connectivity index (χ3n) is 2.78. The average Bonchev–Trinajstić information content (AvgIpc) is 2.95. The molecule has 0 aliphatic heterocycles. The topological polar surface area (TPSA) is 72.8 Å². The molecule has 0 atom stereocenters. The molecule has 1 aromatic heterocycles. The first-order valence-electron chi connectivity index (χ1n) is 7.45. The van der Waals surface area contributed by atoms with E-state index in [0.29, 0.717) is 10.8 Å². The summed E-state index contributed by atoms with van der Waals surface area (Å²) in [6.45, 7) is 6.03. The van der Waals surface area contributed by atoms with Crippen molar-refractivity contribution < 1.29 is 14.3 Å². The number of hydrazone groups is 1. The van der Waals surface area contributed by atoms with Crippen molar-refractivity contribution in [3.05, 3.63) is 40.9 Å². The minimum absolute atomic E-state index is 0.160. The summed E-state index contributed by atoms with van der Waals surface area (Å²) in [6.07, 6.45) is 1.86. The van der Waals surface area contributed by atoms with Gasteiger partial charge in [-0.15, -0.1) is 11.3 Å². The quantitative estimate of drug-likeness (QED) is 0.492. The van der Waals surface area contributed by atoms with Crippen LogP contribution in [0.5, 0.6) is 5.75 Å². The molecule has 6 nitrogen and oxygen atoms in total. The molecule has 7 heteroatoms. The molecule has 0 saturated carbocycles. The van der Waals surface area contributed by atoms with Crippen LogP contribution in [0.15, 0.2) is 34.7 Å². The second-order valence-corrected chi connectivity index (χ2v) is 6.91. The number of esters is 1. The van der Waals surface area contributed by atoms with Gasteiger partial charge in [0.05, 0.1) is 25.4 Å². The third-order valence-corrected chi connectivity index (χ3v) is 3.58. The van der Waals surface area contributed by atoms with Gasteiger partial charge in [-0.25, -0.2) is 4.98 Å². The maximum absolute atomic E-state index is 11.2. The van der Waals surface area contributed by atoms with Crippen LogP contribution in [0.2, 0.25) is 0 Å². The predicted molar refractivity (Wildman–Crippen MR) is 95.9 cm³/mol. The van der Waals surface area contributed by atoms with Crippen molar-refractivity contribution >= 4 is 28.7 Å². The number of carbonyl (C=O) groups is 1. The molecule has 0 aliphatic carbocycles. The minimum Gasteiger partial charge on any atom is -0.488 e. The lowest BCUT2D eigenvalue weighted by Crippen LogP contribution is -2.22. The van der Waals surface area contributed by atoms with E-state index in [2.05, 4.69) is 20.2 Å². The Labute approximate surface area is 145 Å². The lowest BCUT2D eigenvalue weighted by Gasteiger charge is -2.21. The standard InChI is InChI=1S/C17H21N3O3S/c1-17(2,3)23-14-7-5-12(6-8-14)10-18-20-16-19-13(11-24-16)9-15(21)22-4/h5-8,10-11H,9H2,1-4H3,(H,19,20)/b18-10-. The zero-order valence-corrected chi connectivity index (χ0v) is 15.0. The van der Waals surface area contributed by atoms with Gasteiger partial charge < -0.3 is 9.47 Å². The summed E-state index contributed by atoms with van der Waals surface area (Å²) in [5.41, 5.74) is 4.23. The van der Waals surface area contributed by atoms with E-state index in [0.717, 1.165) is 11.3 Å². The normalized spacial score (nSPS) is 11.5. The monoisotopic (exact) mass is 347 g/mol. The molecule has 24 heavy (non-hydrogen) atoms. The highest BCUT2D eigenvalue weighted by atomic mass is 32.1. The van der Waals surface area contributed by atoms with E-state index in [1.54, 1.807) is 11.6 Å². The SMILES string of the molecule is COC(=O)Cc1csc(N/N=C\c2ccc(OC(C)(C)C)cc2)n1. The van der Waals surface area contributed by atoms with Crippen LogP contribution in [0.25, 0.3) is 0 Å². The van der Waals surface area contributed by atoms with E-state index in [-0.39, 0.29) is 18.0 Å². The van der Waals surface area contributed by atoms with Crippen molar-refractivity contribution in [3.63, 3.8) is 0 Å². The van der Waals surface area contributed by atoms with Crippen LogP contribution in [-0.4, -0.2) is 29.9 Å². The Kier molecular flexibility index (Phi) is 5.92. The van der Waals surface area contributed by atoms with Crippen molar-refractivity contribution in [1.29, 1.82) is 0 Å². The Balaban J connectivity index is 1.89. The summed E-state index contributed by atoms with van der Waals surface area (Å²) in [5, 5.41) is 6.57. The Morgan fingerprint density at radius 3 is 2.67 bits per heavy atom. The molecule has 2 aromatic rings. The number of hydrogen-bond acceptors (Lipinski definition) is 7. The number of rotatable bonds is 6. The molecule has 0 unspecified atom stereocenters. The second kappa shape index (κ2) is 7.92. The minimum atomic E-state index is -0.312. The van der Waals surface area contributed by atoms with E-state index in [4.69, 9.17) is 4.74 Å². The van der Waals surface area contributed by atoms with Crippen LogP contribution in [0, 0.1) is 0 Å². The highest BCUT2D eigenvalue weighted by Gasteiger charge is 2.11. The van der Waals surface area contributed by atoms with Crippen molar-refractivity contribution in [2.45, 2.75) is 32.8 Å². The highest BCUT2D eigenvalue weighted by Crippen LogP contribution is 2.18. The Hall–Kier alpha value is -2.41. The first kappa shape index (κ1) is 17.9. The number of benzene rings is 1. The summed E-state index contributed by atoms with van der Waals surface area (Å²) < 4.78 is 10.4. The van der Waals surface area contributed by atoms with Gasteiger partial charge in [-0.05, 0) is 50.6 Å². The summed E-state index contributed by atoms with van der Waals surface area (Å²) in [7, 11) is 1.36. The largest absolute Gasteiger partial charge is 0.488 e. The molecular formula is C17H21N3O3S. The molecule has 128 valence electrons. The van der Waals surface area contributed by atoms with Crippen LogP contribution in [0.4, 0.5) is 5.13 Å². The van der Waals surface area contributed by atoms with Crippen molar-refractivity contribution in [1.82, 2.24) is 4.98 Å². The molecule has 1 heterocycles. The Morgan fingerprint density at radius 1 is 1.33 bits per heavy atom. The van der Waals surface area contributed by atoms with Crippen molar-refractivity contribution in [2.75, 3.05) is 12.5 Å². The molecule has 0 amide bonds. The highest BCUT2D eigenvalue weighted by molar-refractivity contribution is 7.13. The van der Waals surface area contributed by atoms with Gasteiger partial charge in [-0.1, -0.05) is 0 Å². The molecule has 1 N–H and O–H groups in total. The number of aromatic nitrogens is 1. The fraction of sp³-hybridized carbons (Fsp3) is 0.353. The van der Waals surface area contributed by atoms with Crippen LogP contribution in [0.3, 0.4) is 0 Å². The Bertz CT molecular complexity index is 703. The number of anilines is 1. The van der Waals surface area contributed by atoms with E-state index >= 15 is 0 Å². The van der Waals surface area contributed by atoms with Crippen molar-refractivity contribution in [2.24, 2.45) is 5.10 Å². The number of methoxy groups -OCH3 is 1. The van der Waals surface area contributed by atoms with E-state index in [9.17, 15) is 4.79 Å². The lowest BCUT2D eigenvalue weighted by molar-refractivity contribution is -0.139. The predicted octanol–water partition coefficient (Wildman–Crippen LogP) is 3.48. The number of thiazole rings is 1. The number of hydrogen-bond donors (Lipinski definition) is 1. The van der Waals surface area contributed by atoms with Gasteiger partial charge in [-0.2, -0.15) is 5.10 Å². The molecule has 0 spiro atoms. The lowest BCUT2D eigenvalue weighted by atomic mass is 10.2. The molecular weight excluding hydrogens is 326 g/mol. The van der Waals surface area contributed by atoms with Crippen LogP contribution in [-0.2, 0) is 16.0 Å². The van der Waals surface area contributed by atoms with Crippen LogP contribution < -0.4 is 10.2 Å². The average molecular weight is 347 g/mol. The van der Waals surface area contributed by atoms with Gasteiger partial charge in [0.2, 0.25) is 5.13 Å². The first-order chi connectivity index (χ1) is 11.4. The maximum atomic E-state index is 11.2. The van der Waals surface area contributed by atoms with Crippen LogP contribution >= 0.6 is 11.3 Å². The van der Waals surface area contributed by atoms with E-state index in [1.807, 2.05) is 45.0 Å². The molecule has 1 aromatic carbocycles. The second-order valence-electron chi connectivity index (χ2n) is 6.05. The van der Waals surface area contributed by atoms with E-state index in [1.165, 1.54) is 18.4 Å². The van der Waals surface area contributed by atoms with Crippen molar-refractivity contribution in [3.8, 4) is 5.75 Å². The number of nitrogens with one attached hydrogen (secondary N) is 1. The smallest absolute Gasteiger partial charge is 0.311 e. The summed E-state index contributed by atoms with van der Waals surface area (Å²) in [4.78, 5) is 15.4. The first-order valence-corrected chi connectivity index (χ1v) is 8.33. The number of nitrogens with zero attached hydrogens (tertiary/aromatic N) is 2. The maximum Gasteiger partial charge on any atom is 0.311 e.